The fourth-order valence-electron chi connectivity index (χ4n) is 1.24. The molecule has 0 heterocycles. The highest BCUT2D eigenvalue weighted by atomic mass is 19.3. The number of nitrogens with one attached hydrogen (secondary N) is 1. The number of rotatable bonds is 5. The van der Waals surface area contributed by atoms with E-state index in [1.165, 1.54) is 6.07 Å². The van der Waals surface area contributed by atoms with Crippen molar-refractivity contribution < 1.29 is 22.4 Å². The molecule has 0 saturated carbocycles. The lowest BCUT2D eigenvalue weighted by Crippen LogP contribution is -2.41. The van der Waals surface area contributed by atoms with Gasteiger partial charge in [0.15, 0.2) is 0 Å². The fourth-order valence-corrected chi connectivity index (χ4v) is 1.24. The Balaban J connectivity index is 2.48. The summed E-state index contributed by atoms with van der Waals surface area (Å²) in [6.07, 6.45) is -3.99. The summed E-state index contributed by atoms with van der Waals surface area (Å²) < 4.78 is 48.7. The highest BCUT2D eigenvalue weighted by molar-refractivity contribution is 5.78. The van der Waals surface area contributed by atoms with Crippen molar-refractivity contribution in [1.82, 2.24) is 5.32 Å². The van der Waals surface area contributed by atoms with Crippen LogP contribution in [0.15, 0.2) is 24.3 Å². The van der Waals surface area contributed by atoms with Gasteiger partial charge in [0.1, 0.15) is 0 Å². The molecular weight excluding hydrogens is 252 g/mol. The summed E-state index contributed by atoms with van der Waals surface area (Å²) in [7, 11) is 0. The molecule has 1 aromatic carbocycles. The van der Waals surface area contributed by atoms with Gasteiger partial charge in [-0.3, -0.25) is 4.79 Å². The van der Waals surface area contributed by atoms with Gasteiger partial charge < -0.3 is 11.1 Å². The molecule has 0 unspecified atom stereocenters. The molecule has 0 saturated heterocycles. The van der Waals surface area contributed by atoms with Crippen molar-refractivity contribution >= 4 is 11.6 Å². The molecule has 0 radical (unpaired) electrons. The minimum Gasteiger partial charge on any atom is -0.399 e. The van der Waals surface area contributed by atoms with Crippen molar-refractivity contribution in [2.24, 2.45) is 0 Å². The maximum absolute atomic E-state index is 12.5. The van der Waals surface area contributed by atoms with E-state index in [1.807, 2.05) is 0 Å². The molecule has 0 aromatic heterocycles. The van der Waals surface area contributed by atoms with Crippen molar-refractivity contribution in [2.75, 3.05) is 12.3 Å². The van der Waals surface area contributed by atoms with E-state index in [2.05, 4.69) is 0 Å². The Labute approximate surface area is 101 Å². The van der Waals surface area contributed by atoms with Gasteiger partial charge in [-0.25, -0.2) is 8.78 Å². The number of carbonyl (C=O) groups is 1. The van der Waals surface area contributed by atoms with Crippen LogP contribution in [0.5, 0.6) is 0 Å². The minimum absolute atomic E-state index is 0.190. The average molecular weight is 264 g/mol. The summed E-state index contributed by atoms with van der Waals surface area (Å²) in [6, 6.07) is 6.30. The van der Waals surface area contributed by atoms with Gasteiger partial charge in [0.25, 0.3) is 0 Å². The zero-order chi connectivity index (χ0) is 13.8. The summed E-state index contributed by atoms with van der Waals surface area (Å²) >= 11 is 0. The van der Waals surface area contributed by atoms with E-state index >= 15 is 0 Å². The number of benzene rings is 1. The van der Waals surface area contributed by atoms with E-state index in [4.69, 9.17) is 5.73 Å². The largest absolute Gasteiger partial charge is 0.399 e. The van der Waals surface area contributed by atoms with Crippen LogP contribution in [0.2, 0.25) is 0 Å². The summed E-state index contributed by atoms with van der Waals surface area (Å²) in [5, 5.41) is 1.76. The van der Waals surface area contributed by atoms with Gasteiger partial charge in [-0.2, -0.15) is 8.78 Å². The van der Waals surface area contributed by atoms with Gasteiger partial charge in [-0.1, -0.05) is 12.1 Å². The molecule has 0 spiro atoms. The first kappa shape index (κ1) is 14.3. The number of alkyl halides is 4. The predicted molar refractivity (Wildman–Crippen MR) is 58.5 cm³/mol. The highest BCUT2D eigenvalue weighted by Crippen LogP contribution is 2.21. The number of nitrogens with two attached hydrogens (primary N) is 1. The summed E-state index contributed by atoms with van der Waals surface area (Å²) in [6.45, 7) is -1.38. The lowest BCUT2D eigenvalue weighted by atomic mass is 10.1. The number of carbonyl (C=O) groups excluding carboxylic acids is 1. The van der Waals surface area contributed by atoms with Crippen LogP contribution < -0.4 is 11.1 Å². The monoisotopic (exact) mass is 264 g/mol. The standard InChI is InChI=1S/C11H12F4N2O/c12-10(13)11(14,15)6-17-9(18)5-7-2-1-3-8(16)4-7/h1-4,10H,5-6,16H2,(H,17,18). The number of amides is 1. The Morgan fingerprint density at radius 2 is 2.06 bits per heavy atom. The van der Waals surface area contributed by atoms with E-state index < -0.39 is 24.8 Å². The van der Waals surface area contributed by atoms with Crippen molar-refractivity contribution in [2.45, 2.75) is 18.8 Å². The van der Waals surface area contributed by atoms with Gasteiger partial charge in [0, 0.05) is 5.69 Å². The third kappa shape index (κ3) is 4.23. The lowest BCUT2D eigenvalue weighted by Gasteiger charge is -2.15. The van der Waals surface area contributed by atoms with Crippen LogP contribution in [0.1, 0.15) is 5.56 Å². The second kappa shape index (κ2) is 5.70. The molecule has 0 aliphatic heterocycles. The Hall–Kier alpha value is -1.79. The molecule has 0 atom stereocenters. The van der Waals surface area contributed by atoms with Crippen molar-refractivity contribution in [3.05, 3.63) is 29.8 Å². The third-order valence-electron chi connectivity index (χ3n) is 2.16. The molecule has 7 heteroatoms. The van der Waals surface area contributed by atoms with E-state index in [9.17, 15) is 22.4 Å². The SMILES string of the molecule is Nc1cccc(CC(=O)NCC(F)(F)C(F)F)c1. The zero-order valence-corrected chi connectivity index (χ0v) is 9.30. The van der Waals surface area contributed by atoms with E-state index in [-0.39, 0.29) is 6.42 Å². The molecule has 1 rings (SSSR count). The van der Waals surface area contributed by atoms with Gasteiger partial charge in [0.05, 0.1) is 13.0 Å². The molecule has 0 aliphatic rings. The molecule has 0 bridgehead atoms. The van der Waals surface area contributed by atoms with Gasteiger partial charge in [-0.05, 0) is 17.7 Å². The van der Waals surface area contributed by atoms with Crippen molar-refractivity contribution in [1.29, 1.82) is 0 Å². The molecule has 1 aromatic rings. The Morgan fingerprint density at radius 1 is 1.39 bits per heavy atom. The van der Waals surface area contributed by atoms with E-state index in [0.29, 0.717) is 11.3 Å². The molecule has 3 N–H and O–H groups in total. The number of hydrogen-bond acceptors (Lipinski definition) is 2. The smallest absolute Gasteiger partial charge is 0.324 e. The normalized spacial score (nSPS) is 11.6. The van der Waals surface area contributed by atoms with Crippen LogP contribution >= 0.6 is 0 Å². The lowest BCUT2D eigenvalue weighted by molar-refractivity contribution is -0.136. The van der Waals surface area contributed by atoms with Crippen molar-refractivity contribution in [3.63, 3.8) is 0 Å². The molecular formula is C11H12F4N2O. The van der Waals surface area contributed by atoms with Crippen LogP contribution in [-0.4, -0.2) is 24.8 Å². The second-order valence-electron chi connectivity index (χ2n) is 3.76. The molecule has 0 aliphatic carbocycles. The van der Waals surface area contributed by atoms with Crippen LogP contribution in [-0.2, 0) is 11.2 Å². The summed E-state index contributed by atoms with van der Waals surface area (Å²) in [5.41, 5.74) is 6.42. The molecule has 18 heavy (non-hydrogen) atoms. The Bertz CT molecular complexity index is 423. The minimum atomic E-state index is -4.22. The van der Waals surface area contributed by atoms with Gasteiger partial charge in [0.2, 0.25) is 5.91 Å². The molecule has 3 nitrogen and oxygen atoms in total. The Morgan fingerprint density at radius 3 is 2.61 bits per heavy atom. The van der Waals surface area contributed by atoms with Crippen LogP contribution in [0.4, 0.5) is 23.2 Å². The summed E-state index contributed by atoms with van der Waals surface area (Å²) in [5.74, 6) is -4.98. The molecule has 1 amide bonds. The number of halogens is 4. The van der Waals surface area contributed by atoms with Crippen LogP contribution in [0.3, 0.4) is 0 Å². The van der Waals surface area contributed by atoms with Crippen LogP contribution in [0.25, 0.3) is 0 Å². The number of anilines is 1. The fraction of sp³-hybridized carbons (Fsp3) is 0.364. The van der Waals surface area contributed by atoms with Crippen LogP contribution in [0, 0.1) is 0 Å². The summed E-state index contributed by atoms with van der Waals surface area (Å²) in [4.78, 5) is 11.3. The first-order valence-electron chi connectivity index (χ1n) is 5.08. The molecule has 0 fully saturated rings. The number of hydrogen-bond donors (Lipinski definition) is 2. The highest BCUT2D eigenvalue weighted by Gasteiger charge is 2.40. The predicted octanol–water partition coefficient (Wildman–Crippen LogP) is 1.83. The number of nitrogen functional groups attached to an aromatic ring is 1. The first-order chi connectivity index (χ1) is 8.31. The topological polar surface area (TPSA) is 55.1 Å². The quantitative estimate of drug-likeness (QED) is 0.629. The molecule has 100 valence electrons. The second-order valence-corrected chi connectivity index (χ2v) is 3.76. The van der Waals surface area contributed by atoms with Crippen molar-refractivity contribution in [3.8, 4) is 0 Å². The maximum atomic E-state index is 12.5. The third-order valence-corrected chi connectivity index (χ3v) is 2.16. The average Bonchev–Trinajstić information content (AvgIpc) is 2.26. The van der Waals surface area contributed by atoms with E-state index in [1.54, 1.807) is 23.5 Å². The van der Waals surface area contributed by atoms with Gasteiger partial charge in [-0.15, -0.1) is 0 Å². The Kier molecular flexibility index (Phi) is 4.52. The first-order valence-corrected chi connectivity index (χ1v) is 5.08. The van der Waals surface area contributed by atoms with Gasteiger partial charge >= 0.3 is 12.3 Å². The zero-order valence-electron chi connectivity index (χ0n) is 9.30. The maximum Gasteiger partial charge on any atom is 0.324 e. The van der Waals surface area contributed by atoms with E-state index in [0.717, 1.165) is 0 Å².